The van der Waals surface area contributed by atoms with Crippen LogP contribution in [0.2, 0.25) is 0 Å². The van der Waals surface area contributed by atoms with E-state index in [0.29, 0.717) is 144 Å². The summed E-state index contributed by atoms with van der Waals surface area (Å²) >= 11 is 1.64. The van der Waals surface area contributed by atoms with Crippen LogP contribution in [0.5, 0.6) is 0 Å². The number of carbonyl (C=O) groups is 6. The van der Waals surface area contributed by atoms with Gasteiger partial charge in [-0.1, -0.05) is 173 Å². The molecule has 0 aromatic heterocycles. The van der Waals surface area contributed by atoms with Crippen LogP contribution in [0.4, 0.5) is 0 Å². The van der Waals surface area contributed by atoms with Crippen molar-refractivity contribution in [3.05, 3.63) is 0 Å². The second kappa shape index (κ2) is 79.6. The van der Waals surface area contributed by atoms with E-state index in [2.05, 4.69) is 60.3 Å². The molecule has 880 valence electrons. The summed E-state index contributed by atoms with van der Waals surface area (Å²) in [7, 11) is 1.93. The first-order valence-electron chi connectivity index (χ1n) is 52.1. The fraction of sp³-hybridized carbons (Fsp3) is 0.943. The van der Waals surface area contributed by atoms with Crippen molar-refractivity contribution in [1.29, 1.82) is 0 Å². The number of aliphatic hydroxyl groups excluding tert-OH is 2. The van der Waals surface area contributed by atoms with Crippen molar-refractivity contribution in [1.82, 2.24) is 4.90 Å². The topological polar surface area (TPSA) is 414 Å². The molecule has 0 saturated carbocycles. The highest BCUT2D eigenvalue weighted by atomic mass is 32.2. The minimum absolute atomic E-state index is 0.0239. The van der Waals surface area contributed by atoms with Crippen LogP contribution < -0.4 is 0 Å². The maximum Gasteiger partial charge on any atom is 0.335 e. The molecule has 0 spiro atoms. The average molecular weight is 2220 g/mol. The van der Waals surface area contributed by atoms with Crippen molar-refractivity contribution in [2.24, 2.45) is 38.4 Å². The van der Waals surface area contributed by atoms with Gasteiger partial charge in [-0.15, -0.1) is 0 Å². The Hall–Kier alpha value is -1.36. The molecule has 145 heavy (non-hydrogen) atoms. The molecule has 0 aliphatic heterocycles. The second-order valence-electron chi connectivity index (χ2n) is 49.8. The predicted molar refractivity (Wildman–Crippen MR) is 608 cm³/mol. The number of Topliss-reactive ketones (excluding diaryl/α,β-unsaturated/α-hetero) is 6. The molecule has 5 atom stereocenters. The van der Waals surface area contributed by atoms with Gasteiger partial charge in [-0.2, -0.15) is 11.8 Å². The van der Waals surface area contributed by atoms with Gasteiger partial charge < -0.3 is 103 Å². The molecule has 0 aromatic rings. The average Bonchev–Trinajstić information content (AvgIpc) is 0.792. The molecule has 0 aliphatic rings. The Balaban J connectivity index is -0.000000153. The standard InChI is InChI=1S/C13H30NO5P.C13H26O4.C13H26O3S.C12H28NO3P.C10H25NO3P.C9H22NO3P.C9H19NO.C8H16O.2C7H14O.C5H13O3P/c1-5-6-14(7-10-15,8-11-16)9-12-19-20(17,18)13(2,3)4;2*1-5-6-15-7-8-16-9-10-17-11-12(14)13(2,3)4;1-7-13(8-2,9-3)10-11-16-17(14,15)12(4,5)6;1-10(2,3)15(12,13-7)14-9-8-11(4,5)6;1-9(2,3)14(11,12)13-8-7-10(4,5)6;1-9(2,3)8(11)6-7-10(4)5;1-6(2)7(9)8(3,4)5;2*1-5-6(8)7(2,3)4;1-5(2,3)9(6,7)8-4/h15-16H,5-12H2,1-4H3;2*5-11H2,1-4H3;7-11H2,1-6H3;8-9H2,1-7H3;7-8H2,1-6H3;6-7H2,1-5H3;6H,1-5H3;2*5H2,1-4H3;1-4H3,(H,6,7)/q;;;;+1;;;;;;/p+3. The molecule has 39 heteroatoms. The molecule has 6 N–H and O–H groups in total. The molecule has 5 unspecified atom stereocenters. The lowest BCUT2D eigenvalue weighted by molar-refractivity contribution is -0.928. The lowest BCUT2D eigenvalue weighted by Crippen LogP contribution is -2.53. The number of hydrogen-bond acceptors (Lipinski definition) is 26. The number of quaternary nitrogens is 4. The quantitative estimate of drug-likeness (QED) is 0.0187. The van der Waals surface area contributed by atoms with E-state index in [9.17, 15) is 76.5 Å². The molecule has 0 fully saturated rings. The van der Waals surface area contributed by atoms with Gasteiger partial charge in [-0.3, -0.25) is 51.6 Å². The van der Waals surface area contributed by atoms with Crippen molar-refractivity contribution < 1.29 is 150 Å². The minimum atomic E-state index is -3.65. The highest BCUT2D eigenvalue weighted by Crippen LogP contribution is 2.60. The molecular weight excluding hydrogens is 1980 g/mol. The van der Waals surface area contributed by atoms with Crippen LogP contribution in [0.15, 0.2) is 0 Å². The third kappa shape index (κ3) is 93.6. The van der Waals surface area contributed by atoms with Crippen molar-refractivity contribution in [3.8, 4) is 0 Å². The van der Waals surface area contributed by atoms with E-state index >= 15 is 0 Å². The summed E-state index contributed by atoms with van der Waals surface area (Å²) in [4.78, 5) is 108. The predicted octanol–water partition coefficient (Wildman–Crippen LogP) is 22.4. The number of hydrogen-bond donors (Lipinski definition) is 6. The second-order valence-corrected chi connectivity index (χ2v) is 64.5. The van der Waals surface area contributed by atoms with Crippen molar-refractivity contribution in [2.45, 2.75) is 362 Å². The van der Waals surface area contributed by atoms with Crippen LogP contribution in [0.1, 0.15) is 336 Å². The maximum absolute atomic E-state index is 12.2. The first-order chi connectivity index (χ1) is 64.7. The first-order valence-corrected chi connectivity index (χ1v) is 61.2. The Morgan fingerprint density at radius 3 is 0.828 bits per heavy atom. The van der Waals surface area contributed by atoms with Crippen molar-refractivity contribution in [2.75, 3.05) is 260 Å². The molecule has 0 amide bonds. The molecule has 0 saturated heterocycles. The Morgan fingerprint density at radius 2 is 0.614 bits per heavy atom. The van der Waals surface area contributed by atoms with Crippen LogP contribution >= 0.6 is 49.7 Å². The van der Waals surface area contributed by atoms with Crippen molar-refractivity contribution in [3.63, 3.8) is 0 Å². The number of thioether (sulfide) groups is 1. The van der Waals surface area contributed by atoms with Gasteiger partial charge in [0.25, 0.3) is 0 Å². The van der Waals surface area contributed by atoms with Gasteiger partial charge >= 0.3 is 38.0 Å². The number of likely N-dealkylation sites (N-methyl/N-ethyl adjacent to an activating group) is 3. The Kier molecular flexibility index (Phi) is 91.2. The largest absolute Gasteiger partial charge is 0.391 e. The van der Waals surface area contributed by atoms with Crippen LogP contribution in [-0.2, 0) is 102 Å². The molecule has 0 heterocycles. The molecule has 0 aliphatic carbocycles. The Bertz CT molecular complexity index is 3480. The number of ether oxygens (including phenoxy) is 5. The zero-order valence-corrected chi connectivity index (χ0v) is 109. The Labute approximate surface area is 894 Å². The number of ketones is 6. The van der Waals surface area contributed by atoms with Gasteiger partial charge in [0.2, 0.25) is 0 Å². The molecule has 33 nitrogen and oxygen atoms in total. The first kappa shape index (κ1) is 166. The molecule has 0 rings (SSSR count). The minimum Gasteiger partial charge on any atom is -0.391 e. The van der Waals surface area contributed by atoms with E-state index in [1.807, 2.05) is 220 Å². The number of carbonyl (C=O) groups excluding carboxylic acids is 6. The van der Waals surface area contributed by atoms with Crippen LogP contribution in [0, 0.1) is 38.4 Å². The van der Waals surface area contributed by atoms with Gasteiger partial charge in [-0.25, -0.2) is 0 Å². The number of aliphatic hydroxyl groups is 2. The summed E-state index contributed by atoms with van der Waals surface area (Å²) in [5, 5.41) is 15.1. The van der Waals surface area contributed by atoms with E-state index in [0.717, 1.165) is 104 Å². The number of rotatable bonds is 53. The molecule has 0 bridgehead atoms. The summed E-state index contributed by atoms with van der Waals surface area (Å²) in [6, 6.07) is 0. The lowest BCUT2D eigenvalue weighted by Gasteiger charge is -2.38. The van der Waals surface area contributed by atoms with Crippen molar-refractivity contribution >= 4 is 84.4 Å². The van der Waals surface area contributed by atoms with Crippen LogP contribution in [0.3, 0.4) is 0 Å². The summed E-state index contributed by atoms with van der Waals surface area (Å²) in [5.41, 5.74) is -1.13. The third-order valence-corrected chi connectivity index (χ3v) is 34.2. The zero-order valence-electron chi connectivity index (χ0n) is 103. The Morgan fingerprint density at radius 1 is 0.324 bits per heavy atom. The lowest BCUT2D eigenvalue weighted by atomic mass is 9.85. The molecular formula is C106H236N5O28P5S+4. The highest BCUT2D eigenvalue weighted by molar-refractivity contribution is 7.99. The summed E-state index contributed by atoms with van der Waals surface area (Å²) < 4.78 is 119. The van der Waals surface area contributed by atoms with E-state index in [1.165, 1.54) is 14.2 Å². The third-order valence-electron chi connectivity index (χ3n) is 21.8. The number of nitrogens with zero attached hydrogens (tertiary/aromatic N) is 5. The SMILES string of the molecule is CC(C)(C)P(=O)(O)OCC[N+](C)(C)C.CC(C)C(=O)C(C)(C)C.CCC(=O)C(C)(C)C.CCC(=O)C(C)(C)C.CCCOCCOCCOCC(=O)C(C)(C)C.CCCOCCOCCSCC(=O)C(C)(C)C.CCC[N+](CCO)(CCO)CCOP(=O)(O)C(C)(C)C.CC[N+](CC)(CC)CCOP(=O)(O)C(C)(C)C.CN(C)CCC(=O)C(C)(C)C.COP(=O)(O)C(C)(C)C.COP(=O)(OCC[N+](C)(C)C)C(C)(C)C. The van der Waals surface area contributed by atoms with E-state index < -0.39 is 63.8 Å². The summed E-state index contributed by atoms with van der Waals surface area (Å²) in [6.45, 7) is 97.0. The van der Waals surface area contributed by atoms with E-state index in [-0.39, 0.29) is 70.6 Å². The van der Waals surface area contributed by atoms with Gasteiger partial charge in [0.1, 0.15) is 101 Å². The van der Waals surface area contributed by atoms with Gasteiger partial charge in [0, 0.05) is 97.4 Å². The summed E-state index contributed by atoms with van der Waals surface area (Å²) in [5.74, 6) is 3.38. The fourth-order valence-electron chi connectivity index (χ4n) is 10.2. The highest BCUT2D eigenvalue weighted by Gasteiger charge is 2.42. The maximum atomic E-state index is 12.2. The van der Waals surface area contributed by atoms with Gasteiger partial charge in [0.05, 0.1) is 159 Å². The van der Waals surface area contributed by atoms with Crippen LogP contribution in [0.25, 0.3) is 0 Å². The smallest absolute Gasteiger partial charge is 0.335 e. The monoisotopic (exact) mass is 2210 g/mol. The van der Waals surface area contributed by atoms with Crippen LogP contribution in [-0.4, -0.2) is 373 Å². The fourth-order valence-corrected chi connectivity index (χ4v) is 15.3. The molecule has 0 radical (unpaired) electrons. The zero-order chi connectivity index (χ0) is 118. The molecule has 0 aromatic carbocycles. The van der Waals surface area contributed by atoms with E-state index in [1.54, 1.807) is 94.8 Å². The normalized spacial score (nSPS) is 14.7. The van der Waals surface area contributed by atoms with E-state index in [4.69, 9.17) is 51.2 Å². The summed E-state index contributed by atoms with van der Waals surface area (Å²) in [6.07, 6.45) is 4.96. The van der Waals surface area contributed by atoms with Gasteiger partial charge in [0.15, 0.2) is 5.78 Å². The van der Waals surface area contributed by atoms with Gasteiger partial charge in [-0.05, 0) is 158 Å².